The number of nitrogens with two attached hydrogens (primary N) is 1. The first-order valence-corrected chi connectivity index (χ1v) is 6.78. The highest BCUT2D eigenvalue weighted by atomic mass is 15.3. The fourth-order valence-corrected chi connectivity index (χ4v) is 2.80. The third-order valence-corrected chi connectivity index (χ3v) is 3.61. The Morgan fingerprint density at radius 3 is 2.94 bits per heavy atom. The summed E-state index contributed by atoms with van der Waals surface area (Å²) in [6.45, 7) is 7.57. The fraction of sp³-hybridized carbons (Fsp3) is 0.769. The molecule has 0 amide bonds. The second-order valence-electron chi connectivity index (χ2n) is 4.92. The van der Waals surface area contributed by atoms with Gasteiger partial charge in [-0.05, 0) is 39.3 Å². The van der Waals surface area contributed by atoms with Crippen molar-refractivity contribution in [3.8, 4) is 0 Å². The van der Waals surface area contributed by atoms with Crippen LogP contribution in [0.3, 0.4) is 0 Å². The van der Waals surface area contributed by atoms with Gasteiger partial charge in [-0.15, -0.1) is 0 Å². The number of likely N-dealkylation sites (tertiary alicyclic amines) is 1. The minimum Gasteiger partial charge on any atom is -0.326 e. The van der Waals surface area contributed by atoms with E-state index in [-0.39, 0.29) is 6.04 Å². The first-order chi connectivity index (χ1) is 8.26. The van der Waals surface area contributed by atoms with E-state index in [1.807, 2.05) is 10.9 Å². The third kappa shape index (κ3) is 2.69. The van der Waals surface area contributed by atoms with Crippen molar-refractivity contribution in [3.05, 3.63) is 18.0 Å². The molecule has 0 bridgehead atoms. The van der Waals surface area contributed by atoms with Crippen molar-refractivity contribution in [3.63, 3.8) is 0 Å². The molecule has 4 heteroatoms. The van der Waals surface area contributed by atoms with Crippen LogP contribution >= 0.6 is 0 Å². The highest BCUT2D eigenvalue weighted by Gasteiger charge is 2.30. The van der Waals surface area contributed by atoms with Crippen molar-refractivity contribution in [1.29, 1.82) is 0 Å². The van der Waals surface area contributed by atoms with E-state index in [4.69, 9.17) is 5.73 Å². The molecule has 2 heterocycles. The van der Waals surface area contributed by atoms with E-state index in [0.29, 0.717) is 6.04 Å². The average molecular weight is 236 g/mol. The second kappa shape index (κ2) is 5.65. The molecule has 4 nitrogen and oxygen atoms in total. The van der Waals surface area contributed by atoms with Gasteiger partial charge in [0, 0.05) is 24.3 Å². The van der Waals surface area contributed by atoms with E-state index in [1.54, 1.807) is 0 Å². The highest BCUT2D eigenvalue weighted by molar-refractivity contribution is 5.14. The van der Waals surface area contributed by atoms with Crippen molar-refractivity contribution >= 4 is 0 Å². The summed E-state index contributed by atoms with van der Waals surface area (Å²) in [5.74, 6) is 0. The summed E-state index contributed by atoms with van der Waals surface area (Å²) < 4.78 is 1.99. The maximum absolute atomic E-state index is 6.30. The number of hydrogen-bond donors (Lipinski definition) is 1. The van der Waals surface area contributed by atoms with Crippen LogP contribution in [0.1, 0.15) is 44.7 Å². The third-order valence-electron chi connectivity index (χ3n) is 3.61. The van der Waals surface area contributed by atoms with Gasteiger partial charge in [0.25, 0.3) is 0 Å². The number of rotatable bonds is 4. The Bertz CT molecular complexity index is 345. The smallest absolute Gasteiger partial charge is 0.0538 e. The molecule has 1 aromatic rings. The zero-order valence-corrected chi connectivity index (χ0v) is 11.0. The van der Waals surface area contributed by atoms with Crippen molar-refractivity contribution < 1.29 is 0 Å². The summed E-state index contributed by atoms with van der Waals surface area (Å²) in [6, 6.07) is 0.619. The van der Waals surface area contributed by atoms with Gasteiger partial charge in [0.1, 0.15) is 0 Å². The van der Waals surface area contributed by atoms with Crippen LogP contribution in [-0.4, -0.2) is 33.8 Å². The Hall–Kier alpha value is -0.870. The topological polar surface area (TPSA) is 47.1 Å². The molecule has 0 spiro atoms. The lowest BCUT2D eigenvalue weighted by molar-refractivity contribution is 0.128. The summed E-state index contributed by atoms with van der Waals surface area (Å²) in [7, 11) is 0. The minimum atomic E-state index is 0.254. The zero-order valence-electron chi connectivity index (χ0n) is 11.0. The van der Waals surface area contributed by atoms with Crippen molar-refractivity contribution in [2.24, 2.45) is 5.73 Å². The summed E-state index contributed by atoms with van der Waals surface area (Å²) in [4.78, 5) is 2.52. The van der Waals surface area contributed by atoms with Crippen molar-refractivity contribution in [1.82, 2.24) is 14.7 Å². The maximum Gasteiger partial charge on any atom is 0.0538 e. The van der Waals surface area contributed by atoms with Gasteiger partial charge in [-0.1, -0.05) is 6.92 Å². The van der Waals surface area contributed by atoms with Crippen LogP contribution in [-0.2, 0) is 6.54 Å². The standard InChI is InChI=1S/C13H24N4/c1-3-7-16-8-5-6-12(14)13(16)11-9-15-17(4-2)10-11/h9-10,12-13H,3-8,14H2,1-2H3. The number of hydrogen-bond acceptors (Lipinski definition) is 3. The summed E-state index contributed by atoms with van der Waals surface area (Å²) in [5.41, 5.74) is 7.59. The van der Waals surface area contributed by atoms with Crippen LogP contribution in [0.5, 0.6) is 0 Å². The Labute approximate surface area is 104 Å². The molecule has 1 aliphatic rings. The molecule has 96 valence electrons. The molecule has 1 saturated heterocycles. The SMILES string of the molecule is CCCN1CCCC(N)C1c1cnn(CC)c1. The zero-order chi connectivity index (χ0) is 12.3. The van der Waals surface area contributed by atoms with Crippen LogP contribution in [0.2, 0.25) is 0 Å². The van der Waals surface area contributed by atoms with Gasteiger partial charge in [0.15, 0.2) is 0 Å². The largest absolute Gasteiger partial charge is 0.326 e. The predicted molar refractivity (Wildman–Crippen MR) is 69.7 cm³/mol. The molecule has 0 aliphatic carbocycles. The van der Waals surface area contributed by atoms with Crippen molar-refractivity contribution in [2.45, 2.75) is 51.7 Å². The van der Waals surface area contributed by atoms with E-state index in [1.165, 1.54) is 24.9 Å². The van der Waals surface area contributed by atoms with E-state index < -0.39 is 0 Å². The first-order valence-electron chi connectivity index (χ1n) is 6.78. The molecule has 0 aromatic carbocycles. The quantitative estimate of drug-likeness (QED) is 0.867. The van der Waals surface area contributed by atoms with Gasteiger partial charge in [0.05, 0.1) is 12.2 Å². The molecular weight excluding hydrogens is 212 g/mol. The molecule has 0 saturated carbocycles. The molecule has 2 rings (SSSR count). The lowest BCUT2D eigenvalue weighted by atomic mass is 9.92. The fourth-order valence-electron chi connectivity index (χ4n) is 2.80. The molecule has 2 N–H and O–H groups in total. The van der Waals surface area contributed by atoms with Crippen molar-refractivity contribution in [2.75, 3.05) is 13.1 Å². The van der Waals surface area contributed by atoms with Crippen LogP contribution in [0.15, 0.2) is 12.4 Å². The van der Waals surface area contributed by atoms with E-state index >= 15 is 0 Å². The number of nitrogens with zero attached hydrogens (tertiary/aromatic N) is 3. The van der Waals surface area contributed by atoms with Gasteiger partial charge in [-0.3, -0.25) is 9.58 Å². The average Bonchev–Trinajstić information content (AvgIpc) is 2.78. The Kier molecular flexibility index (Phi) is 4.18. The maximum atomic E-state index is 6.30. The lowest BCUT2D eigenvalue weighted by Crippen LogP contribution is -2.46. The van der Waals surface area contributed by atoms with Gasteiger partial charge >= 0.3 is 0 Å². The van der Waals surface area contributed by atoms with Crippen LogP contribution in [0, 0.1) is 0 Å². The van der Waals surface area contributed by atoms with Gasteiger partial charge in [-0.25, -0.2) is 0 Å². The predicted octanol–water partition coefficient (Wildman–Crippen LogP) is 1.78. The Morgan fingerprint density at radius 2 is 2.29 bits per heavy atom. The van der Waals surface area contributed by atoms with Gasteiger partial charge in [-0.2, -0.15) is 5.10 Å². The first kappa shape index (κ1) is 12.6. The number of aryl methyl sites for hydroxylation is 1. The molecule has 0 radical (unpaired) electrons. The molecule has 2 atom stereocenters. The molecule has 17 heavy (non-hydrogen) atoms. The van der Waals surface area contributed by atoms with Gasteiger partial charge in [0.2, 0.25) is 0 Å². The molecule has 1 aromatic heterocycles. The molecule has 1 fully saturated rings. The summed E-state index contributed by atoms with van der Waals surface area (Å²) in [6.07, 6.45) is 7.67. The lowest BCUT2D eigenvalue weighted by Gasteiger charge is -2.39. The molecular formula is C13H24N4. The van der Waals surface area contributed by atoms with E-state index in [9.17, 15) is 0 Å². The Balaban J connectivity index is 2.18. The molecule has 1 aliphatic heterocycles. The van der Waals surface area contributed by atoms with Crippen LogP contribution in [0.4, 0.5) is 0 Å². The van der Waals surface area contributed by atoms with Gasteiger partial charge < -0.3 is 5.73 Å². The summed E-state index contributed by atoms with van der Waals surface area (Å²) in [5, 5.41) is 4.37. The minimum absolute atomic E-state index is 0.254. The summed E-state index contributed by atoms with van der Waals surface area (Å²) >= 11 is 0. The second-order valence-corrected chi connectivity index (χ2v) is 4.92. The number of aromatic nitrogens is 2. The van der Waals surface area contributed by atoms with E-state index in [0.717, 1.165) is 19.5 Å². The number of piperidine rings is 1. The highest BCUT2D eigenvalue weighted by Crippen LogP contribution is 2.29. The monoisotopic (exact) mass is 236 g/mol. The Morgan fingerprint density at radius 1 is 1.47 bits per heavy atom. The molecule has 2 unspecified atom stereocenters. The normalized spacial score (nSPS) is 26.3. The van der Waals surface area contributed by atoms with Crippen LogP contribution in [0.25, 0.3) is 0 Å². The van der Waals surface area contributed by atoms with E-state index in [2.05, 4.69) is 30.0 Å². The van der Waals surface area contributed by atoms with Crippen LogP contribution < -0.4 is 5.73 Å².